The Balaban J connectivity index is 1.77. The van der Waals surface area contributed by atoms with Crippen molar-refractivity contribution in [2.45, 2.75) is 68.6 Å². The highest BCUT2D eigenvalue weighted by Gasteiger charge is 2.77. The van der Waals surface area contributed by atoms with Crippen LogP contribution in [-0.2, 0) is 21.4 Å². The number of quaternary nitrogens is 1. The van der Waals surface area contributed by atoms with Gasteiger partial charge in [0.15, 0.2) is 23.4 Å². The third-order valence-corrected chi connectivity index (χ3v) is 7.88. The van der Waals surface area contributed by atoms with Gasteiger partial charge in [0.25, 0.3) is 0 Å². The lowest BCUT2D eigenvalue weighted by Gasteiger charge is -2.65. The van der Waals surface area contributed by atoms with Crippen LogP contribution in [0.1, 0.15) is 50.2 Å². The summed E-state index contributed by atoms with van der Waals surface area (Å²) in [7, 11) is 4.60. The van der Waals surface area contributed by atoms with Crippen molar-refractivity contribution in [2.75, 3.05) is 27.2 Å². The molecule has 0 aromatic heterocycles. The summed E-state index contributed by atoms with van der Waals surface area (Å²) in [6.07, 6.45) is 4.63. The number of phenols is 1. The van der Waals surface area contributed by atoms with Crippen LogP contribution in [0.2, 0.25) is 0 Å². The van der Waals surface area contributed by atoms with Gasteiger partial charge in [0.1, 0.15) is 11.6 Å². The van der Waals surface area contributed by atoms with Crippen molar-refractivity contribution >= 4 is 5.78 Å². The molecule has 5 nitrogen and oxygen atoms in total. The van der Waals surface area contributed by atoms with Crippen molar-refractivity contribution in [3.05, 3.63) is 23.3 Å². The third kappa shape index (κ3) is 1.94. The molecule has 0 radical (unpaired) electrons. The maximum atomic E-state index is 13.0. The van der Waals surface area contributed by atoms with Gasteiger partial charge in [-0.2, -0.15) is 0 Å². The van der Waals surface area contributed by atoms with Gasteiger partial charge >= 0.3 is 0 Å². The fourth-order valence-corrected chi connectivity index (χ4v) is 6.61. The highest BCUT2D eigenvalue weighted by Crippen LogP contribution is 2.66. The average molecular weight is 372 g/mol. The van der Waals surface area contributed by atoms with Crippen molar-refractivity contribution in [1.82, 2.24) is 0 Å². The second-order valence-electron chi connectivity index (χ2n) is 9.45. The SMILES string of the molecule is CCCCO[C@@]12CCC(=O)C3Oc4c(O)ccc5c4[C@@]31CC[N+](C)(C)C2C5. The maximum Gasteiger partial charge on any atom is 0.174 e. The number of unbranched alkanes of at least 4 members (excludes halogenated alkanes) is 1. The number of carbonyl (C=O) groups is 1. The minimum absolute atomic E-state index is 0.158. The monoisotopic (exact) mass is 372 g/mol. The molecule has 2 heterocycles. The molecule has 1 spiro atoms. The summed E-state index contributed by atoms with van der Waals surface area (Å²) >= 11 is 0. The van der Waals surface area contributed by atoms with Gasteiger partial charge in [-0.15, -0.1) is 0 Å². The first kappa shape index (κ1) is 17.5. The third-order valence-electron chi connectivity index (χ3n) is 7.88. The standard InChI is InChI=1S/C22H29NO4/c1-4-5-12-26-22-9-8-16(25)20-21(22)10-11-23(2,3)17(22)13-14-6-7-15(24)19(27-20)18(14)21/h6-7,17,20H,4-5,8-13H2,1-3H3/p+1/t17?,20?,21-,22+/m0/s1. The number of hydrogen-bond donors (Lipinski definition) is 1. The molecule has 4 aliphatic rings. The molecular weight excluding hydrogens is 342 g/mol. The molecule has 2 unspecified atom stereocenters. The van der Waals surface area contributed by atoms with E-state index in [-0.39, 0.29) is 11.5 Å². The quantitative estimate of drug-likeness (QED) is 0.652. The summed E-state index contributed by atoms with van der Waals surface area (Å²) in [5.74, 6) is 0.867. The summed E-state index contributed by atoms with van der Waals surface area (Å²) in [5.41, 5.74) is 1.46. The smallest absolute Gasteiger partial charge is 0.174 e. The second kappa shape index (κ2) is 5.48. The van der Waals surface area contributed by atoms with Crippen molar-refractivity contribution in [1.29, 1.82) is 0 Å². The van der Waals surface area contributed by atoms with Gasteiger partial charge in [-0.1, -0.05) is 19.4 Å². The van der Waals surface area contributed by atoms with Crippen LogP contribution < -0.4 is 4.74 Å². The fourth-order valence-electron chi connectivity index (χ4n) is 6.61. The minimum Gasteiger partial charge on any atom is -0.504 e. The lowest BCUT2D eigenvalue weighted by atomic mass is 9.48. The molecule has 4 atom stereocenters. The topological polar surface area (TPSA) is 55.8 Å². The fraction of sp³-hybridized carbons (Fsp3) is 0.682. The van der Waals surface area contributed by atoms with Gasteiger partial charge in [-0.05, 0) is 24.5 Å². The van der Waals surface area contributed by atoms with Gasteiger partial charge < -0.3 is 19.1 Å². The molecule has 5 heteroatoms. The number of carbonyl (C=O) groups excluding carboxylic acids is 1. The van der Waals surface area contributed by atoms with Crippen LogP contribution >= 0.6 is 0 Å². The molecule has 146 valence electrons. The van der Waals surface area contributed by atoms with E-state index in [2.05, 4.69) is 21.0 Å². The lowest BCUT2D eigenvalue weighted by molar-refractivity contribution is -0.931. The van der Waals surface area contributed by atoms with E-state index in [9.17, 15) is 9.90 Å². The molecule has 5 rings (SSSR count). The molecule has 27 heavy (non-hydrogen) atoms. The Morgan fingerprint density at radius 3 is 2.93 bits per heavy atom. The molecule has 1 saturated carbocycles. The molecule has 2 aliphatic carbocycles. The number of ketones is 1. The van der Waals surface area contributed by atoms with Gasteiger partial charge in [0.05, 0.1) is 26.1 Å². The lowest BCUT2D eigenvalue weighted by Crippen LogP contribution is -2.80. The van der Waals surface area contributed by atoms with E-state index in [0.29, 0.717) is 18.2 Å². The Morgan fingerprint density at radius 2 is 2.15 bits per heavy atom. The van der Waals surface area contributed by atoms with Gasteiger partial charge in [-0.25, -0.2) is 0 Å². The normalized spacial score (nSPS) is 37.7. The second-order valence-corrected chi connectivity index (χ2v) is 9.45. The van der Waals surface area contributed by atoms with Crippen molar-refractivity contribution < 1.29 is 23.9 Å². The van der Waals surface area contributed by atoms with Crippen LogP contribution in [0.5, 0.6) is 11.5 Å². The molecule has 1 aromatic rings. The zero-order valence-corrected chi connectivity index (χ0v) is 16.6. The number of benzene rings is 1. The number of likely N-dealkylation sites (tertiary alicyclic amines) is 1. The number of aromatic hydroxyl groups is 1. The zero-order valence-electron chi connectivity index (χ0n) is 16.6. The Bertz CT molecular complexity index is 819. The van der Waals surface area contributed by atoms with Gasteiger partial charge in [0.2, 0.25) is 0 Å². The Hall–Kier alpha value is -1.59. The highest BCUT2D eigenvalue weighted by molar-refractivity contribution is 5.90. The summed E-state index contributed by atoms with van der Waals surface area (Å²) in [6.45, 7) is 3.89. The number of ether oxygens (including phenoxy) is 2. The summed E-state index contributed by atoms with van der Waals surface area (Å²) in [4.78, 5) is 13.0. The van der Waals surface area contributed by atoms with Crippen LogP contribution in [-0.4, -0.2) is 60.4 Å². The molecular formula is C22H30NO4+. The summed E-state index contributed by atoms with van der Waals surface area (Å²) in [6, 6.07) is 4.06. The van der Waals surface area contributed by atoms with Gasteiger partial charge in [0, 0.05) is 31.4 Å². The van der Waals surface area contributed by atoms with Gasteiger partial charge in [-0.3, -0.25) is 4.79 Å². The molecule has 1 saturated heterocycles. The van der Waals surface area contributed by atoms with E-state index in [4.69, 9.17) is 9.47 Å². The number of nitrogens with zero attached hydrogens (tertiary/aromatic N) is 1. The predicted molar refractivity (Wildman–Crippen MR) is 101 cm³/mol. The van der Waals surface area contributed by atoms with Crippen LogP contribution in [0, 0.1) is 0 Å². The van der Waals surface area contributed by atoms with E-state index in [1.807, 2.05) is 6.07 Å². The predicted octanol–water partition coefficient (Wildman–Crippen LogP) is 2.71. The maximum absolute atomic E-state index is 13.0. The number of likely N-dealkylation sites (N-methyl/N-ethyl adjacent to an activating group) is 1. The Kier molecular flexibility index (Phi) is 3.55. The number of phenolic OH excluding ortho intramolecular Hbond substituents is 1. The minimum atomic E-state index is -0.516. The number of Topliss-reactive ketones (excluding diaryl/α,β-unsaturated/α-hetero) is 1. The molecule has 1 N–H and O–H groups in total. The first-order valence-electron chi connectivity index (χ1n) is 10.4. The molecule has 1 aromatic carbocycles. The first-order chi connectivity index (χ1) is 12.9. The van der Waals surface area contributed by atoms with Crippen molar-refractivity contribution in [3.8, 4) is 11.5 Å². The van der Waals surface area contributed by atoms with Crippen LogP contribution in [0.4, 0.5) is 0 Å². The summed E-state index contributed by atoms with van der Waals surface area (Å²) in [5, 5.41) is 10.5. The molecule has 2 fully saturated rings. The van der Waals surface area contributed by atoms with Crippen molar-refractivity contribution in [3.63, 3.8) is 0 Å². The summed E-state index contributed by atoms with van der Waals surface area (Å²) < 4.78 is 14.0. The number of piperidine rings is 1. The largest absolute Gasteiger partial charge is 0.504 e. The van der Waals surface area contributed by atoms with Crippen LogP contribution in [0.15, 0.2) is 12.1 Å². The van der Waals surface area contributed by atoms with E-state index in [0.717, 1.165) is 55.3 Å². The molecule has 2 aliphatic heterocycles. The Morgan fingerprint density at radius 1 is 1.33 bits per heavy atom. The number of rotatable bonds is 4. The van der Waals surface area contributed by atoms with Crippen LogP contribution in [0.3, 0.4) is 0 Å². The van der Waals surface area contributed by atoms with Crippen molar-refractivity contribution in [2.24, 2.45) is 0 Å². The Labute approximate surface area is 160 Å². The number of hydrogen-bond acceptors (Lipinski definition) is 4. The zero-order chi connectivity index (χ0) is 19.0. The van der Waals surface area contributed by atoms with E-state index in [1.165, 1.54) is 5.56 Å². The van der Waals surface area contributed by atoms with E-state index < -0.39 is 17.1 Å². The molecule has 0 amide bonds. The van der Waals surface area contributed by atoms with Crippen LogP contribution in [0.25, 0.3) is 0 Å². The first-order valence-corrected chi connectivity index (χ1v) is 10.4. The van der Waals surface area contributed by atoms with E-state index in [1.54, 1.807) is 6.07 Å². The van der Waals surface area contributed by atoms with E-state index >= 15 is 0 Å². The highest BCUT2D eigenvalue weighted by atomic mass is 16.5. The average Bonchev–Trinajstić information content (AvgIpc) is 3.00. The molecule has 2 bridgehead atoms.